The van der Waals surface area contributed by atoms with E-state index in [4.69, 9.17) is 11.6 Å². The third-order valence-electron chi connectivity index (χ3n) is 3.68. The zero-order valence-electron chi connectivity index (χ0n) is 11.5. The number of hydrogen-bond donors (Lipinski definition) is 3. The van der Waals surface area contributed by atoms with Crippen LogP contribution in [-0.4, -0.2) is 20.3 Å². The number of benzene rings is 2. The molecule has 5 heteroatoms. The summed E-state index contributed by atoms with van der Waals surface area (Å²) in [6.45, 7) is 0. The van der Waals surface area contributed by atoms with E-state index >= 15 is 0 Å². The molecule has 3 N–H and O–H groups in total. The molecule has 0 bridgehead atoms. The van der Waals surface area contributed by atoms with Crippen molar-refractivity contribution in [2.45, 2.75) is 0 Å². The molecule has 0 saturated heterocycles. The monoisotopic (exact) mass is 309 g/mol. The van der Waals surface area contributed by atoms with Gasteiger partial charge >= 0.3 is 0 Å². The van der Waals surface area contributed by atoms with E-state index in [1.807, 2.05) is 54.6 Å². The summed E-state index contributed by atoms with van der Waals surface area (Å²) in [6, 6.07) is 17.3. The second-order valence-electron chi connectivity index (χ2n) is 5.04. The number of aromatic hydroxyl groups is 1. The minimum atomic E-state index is 0.0784. The maximum absolute atomic E-state index is 10.1. The molecule has 2 heterocycles. The predicted molar refractivity (Wildman–Crippen MR) is 88.0 cm³/mol. The molecule has 0 unspecified atom stereocenters. The van der Waals surface area contributed by atoms with Gasteiger partial charge in [-0.15, -0.1) is 0 Å². The standard InChI is InChI=1S/C17H12ClN3O/c18-12-8-6-11(7-9-12)14-13-15(10-4-2-1-3-5-10)20-21-16(13)17(22)19-14/h1-9,19,21-22H. The van der Waals surface area contributed by atoms with Crippen molar-refractivity contribution in [1.29, 1.82) is 0 Å². The highest BCUT2D eigenvalue weighted by Gasteiger charge is 2.19. The molecule has 0 aliphatic carbocycles. The lowest BCUT2D eigenvalue weighted by molar-refractivity contribution is 0.461. The van der Waals surface area contributed by atoms with Gasteiger partial charge in [-0.25, -0.2) is 0 Å². The van der Waals surface area contributed by atoms with Crippen LogP contribution >= 0.6 is 11.6 Å². The average Bonchev–Trinajstić information content (AvgIpc) is 3.11. The second-order valence-corrected chi connectivity index (χ2v) is 5.48. The van der Waals surface area contributed by atoms with E-state index in [1.54, 1.807) is 0 Å². The Kier molecular flexibility index (Phi) is 2.91. The Bertz CT molecular complexity index is 939. The van der Waals surface area contributed by atoms with E-state index in [2.05, 4.69) is 15.2 Å². The van der Waals surface area contributed by atoms with E-state index in [1.165, 1.54) is 0 Å². The number of aromatic nitrogens is 3. The molecule has 0 saturated carbocycles. The summed E-state index contributed by atoms with van der Waals surface area (Å²) in [5.41, 5.74) is 4.15. The first-order valence-corrected chi connectivity index (χ1v) is 7.22. The van der Waals surface area contributed by atoms with Gasteiger partial charge < -0.3 is 10.1 Å². The number of nitrogens with zero attached hydrogens (tertiary/aromatic N) is 1. The number of nitrogens with one attached hydrogen (secondary N) is 2. The lowest BCUT2D eigenvalue weighted by Crippen LogP contribution is -1.82. The molecule has 4 aromatic rings. The molecular weight excluding hydrogens is 298 g/mol. The van der Waals surface area contributed by atoms with Gasteiger partial charge in [-0.3, -0.25) is 5.10 Å². The number of rotatable bonds is 2. The van der Waals surface area contributed by atoms with Gasteiger partial charge in [0.25, 0.3) is 0 Å². The first-order valence-electron chi connectivity index (χ1n) is 6.84. The molecule has 0 radical (unpaired) electrons. The van der Waals surface area contributed by atoms with Crippen LogP contribution in [0.2, 0.25) is 5.02 Å². The Morgan fingerprint density at radius 3 is 2.36 bits per heavy atom. The SMILES string of the molecule is Oc1[nH]c(-c2ccc(Cl)cc2)c2c(-c3ccccc3)n[nH]c12. The maximum Gasteiger partial charge on any atom is 0.215 e. The van der Waals surface area contributed by atoms with E-state index < -0.39 is 0 Å². The zero-order valence-corrected chi connectivity index (χ0v) is 12.2. The first kappa shape index (κ1) is 13.0. The lowest BCUT2D eigenvalue weighted by Gasteiger charge is -2.02. The normalized spacial score (nSPS) is 11.1. The van der Waals surface area contributed by atoms with Crippen molar-refractivity contribution >= 4 is 22.5 Å². The lowest BCUT2D eigenvalue weighted by atomic mass is 10.0. The third kappa shape index (κ3) is 1.96. The molecule has 2 aromatic heterocycles. The first-order chi connectivity index (χ1) is 10.7. The molecule has 108 valence electrons. The minimum absolute atomic E-state index is 0.0784. The van der Waals surface area contributed by atoms with Crippen molar-refractivity contribution in [2.24, 2.45) is 0 Å². The summed E-state index contributed by atoms with van der Waals surface area (Å²) in [7, 11) is 0. The summed E-state index contributed by atoms with van der Waals surface area (Å²) in [5, 5.41) is 18.9. The predicted octanol–water partition coefficient (Wildman–Crippen LogP) is 4.58. The van der Waals surface area contributed by atoms with E-state index in [0.717, 1.165) is 27.9 Å². The van der Waals surface area contributed by atoms with E-state index in [0.29, 0.717) is 10.5 Å². The number of halogens is 1. The van der Waals surface area contributed by atoms with Crippen molar-refractivity contribution < 1.29 is 5.11 Å². The van der Waals surface area contributed by atoms with Crippen LogP contribution < -0.4 is 0 Å². The molecule has 0 aliphatic rings. The van der Waals surface area contributed by atoms with Gasteiger partial charge in [0.05, 0.1) is 11.1 Å². The molecule has 0 atom stereocenters. The van der Waals surface area contributed by atoms with Crippen molar-refractivity contribution in [1.82, 2.24) is 15.2 Å². The highest BCUT2D eigenvalue weighted by atomic mass is 35.5. The van der Waals surface area contributed by atoms with Crippen LogP contribution in [0.15, 0.2) is 54.6 Å². The minimum Gasteiger partial charge on any atom is -0.493 e. The molecule has 0 fully saturated rings. The number of fused-ring (bicyclic) bond motifs is 1. The van der Waals surface area contributed by atoms with Crippen LogP contribution in [0.3, 0.4) is 0 Å². The van der Waals surface area contributed by atoms with Gasteiger partial charge in [0.1, 0.15) is 11.2 Å². The van der Waals surface area contributed by atoms with E-state index in [-0.39, 0.29) is 5.88 Å². The van der Waals surface area contributed by atoms with Crippen LogP contribution in [0.25, 0.3) is 33.4 Å². The van der Waals surface area contributed by atoms with Gasteiger partial charge in [-0.05, 0) is 17.7 Å². The van der Waals surface area contributed by atoms with Gasteiger partial charge in [0, 0.05) is 10.6 Å². The topological polar surface area (TPSA) is 64.7 Å². The molecule has 4 nitrogen and oxygen atoms in total. The Labute approximate surface area is 131 Å². The zero-order chi connectivity index (χ0) is 15.1. The van der Waals surface area contributed by atoms with Gasteiger partial charge in [-0.2, -0.15) is 5.10 Å². The Balaban J connectivity index is 2.00. The molecule has 2 aromatic carbocycles. The number of hydrogen-bond acceptors (Lipinski definition) is 2. The Morgan fingerprint density at radius 1 is 0.909 bits per heavy atom. The molecule has 22 heavy (non-hydrogen) atoms. The number of aromatic amines is 2. The highest BCUT2D eigenvalue weighted by molar-refractivity contribution is 6.30. The maximum atomic E-state index is 10.1. The van der Waals surface area contributed by atoms with Crippen LogP contribution in [0.4, 0.5) is 0 Å². The van der Waals surface area contributed by atoms with Gasteiger partial charge in [0.2, 0.25) is 5.88 Å². The number of H-pyrrole nitrogens is 2. The summed E-state index contributed by atoms with van der Waals surface area (Å²) >= 11 is 5.95. The molecule has 4 rings (SSSR count). The fourth-order valence-electron chi connectivity index (χ4n) is 2.64. The smallest absolute Gasteiger partial charge is 0.215 e. The molecule has 0 amide bonds. The quantitative estimate of drug-likeness (QED) is 0.507. The van der Waals surface area contributed by atoms with Crippen LogP contribution in [0.1, 0.15) is 0 Å². The fraction of sp³-hybridized carbons (Fsp3) is 0. The van der Waals surface area contributed by atoms with Crippen molar-refractivity contribution in [2.75, 3.05) is 0 Å². The van der Waals surface area contributed by atoms with Crippen molar-refractivity contribution in [3.8, 4) is 28.4 Å². The van der Waals surface area contributed by atoms with Gasteiger partial charge in [-0.1, -0.05) is 54.1 Å². The third-order valence-corrected chi connectivity index (χ3v) is 3.93. The van der Waals surface area contributed by atoms with Crippen molar-refractivity contribution in [3.63, 3.8) is 0 Å². The molecule has 0 spiro atoms. The Morgan fingerprint density at radius 2 is 1.64 bits per heavy atom. The molecular formula is C17H12ClN3O. The summed E-state index contributed by atoms with van der Waals surface area (Å²) < 4.78 is 0. The second kappa shape index (κ2) is 4.93. The van der Waals surface area contributed by atoms with Crippen molar-refractivity contribution in [3.05, 3.63) is 59.6 Å². The average molecular weight is 310 g/mol. The van der Waals surface area contributed by atoms with E-state index in [9.17, 15) is 5.11 Å². The van der Waals surface area contributed by atoms with Crippen LogP contribution in [0.5, 0.6) is 5.88 Å². The highest BCUT2D eigenvalue weighted by Crippen LogP contribution is 2.38. The van der Waals surface area contributed by atoms with Gasteiger partial charge in [0.15, 0.2) is 0 Å². The largest absolute Gasteiger partial charge is 0.493 e. The Hall–Kier alpha value is -2.72. The summed E-state index contributed by atoms with van der Waals surface area (Å²) in [5.74, 6) is 0.0784. The fourth-order valence-corrected chi connectivity index (χ4v) is 2.76. The van der Waals surface area contributed by atoms with Crippen LogP contribution in [0, 0.1) is 0 Å². The summed E-state index contributed by atoms with van der Waals surface area (Å²) in [4.78, 5) is 3.02. The van der Waals surface area contributed by atoms with Crippen LogP contribution in [-0.2, 0) is 0 Å². The molecule has 0 aliphatic heterocycles. The summed E-state index contributed by atoms with van der Waals surface area (Å²) in [6.07, 6.45) is 0.